The van der Waals surface area contributed by atoms with Gasteiger partial charge >= 0.3 is 0 Å². The first-order chi connectivity index (χ1) is 7.04. The van der Waals surface area contributed by atoms with Crippen molar-refractivity contribution in [3.8, 4) is 11.5 Å². The molecule has 1 aromatic carbocycles. The zero-order chi connectivity index (χ0) is 10.9. The predicted octanol–water partition coefficient (Wildman–Crippen LogP) is 3.53. The number of thiazole rings is 1. The van der Waals surface area contributed by atoms with Crippen molar-refractivity contribution in [3.63, 3.8) is 0 Å². The topological polar surface area (TPSA) is 12.9 Å². The van der Waals surface area contributed by atoms with E-state index in [1.54, 1.807) is 11.3 Å². The predicted molar refractivity (Wildman–Crippen MR) is 69.8 cm³/mol. The molecule has 3 heteroatoms. The van der Waals surface area contributed by atoms with Crippen LogP contribution in [0.4, 0.5) is 0 Å². The summed E-state index contributed by atoms with van der Waals surface area (Å²) in [5, 5.41) is 0.943. The van der Waals surface area contributed by atoms with Gasteiger partial charge in [-0.3, -0.25) is 0 Å². The summed E-state index contributed by atoms with van der Waals surface area (Å²) in [6.45, 7) is 6.73. The lowest BCUT2D eigenvalue weighted by Crippen LogP contribution is -2.16. The Morgan fingerprint density at radius 1 is 1.20 bits per heavy atom. The quantitative estimate of drug-likeness (QED) is 0.499. The van der Waals surface area contributed by atoms with Crippen LogP contribution in [-0.2, 0) is 0 Å². The van der Waals surface area contributed by atoms with Gasteiger partial charge in [0.25, 0.3) is 0 Å². The number of para-hydroxylation sites is 1. The Hall–Kier alpha value is -1.11. The minimum atomic E-state index is -1.28. The van der Waals surface area contributed by atoms with Crippen LogP contribution in [0.1, 0.15) is 5.01 Å². The van der Waals surface area contributed by atoms with E-state index in [1.165, 1.54) is 4.70 Å². The molecule has 0 aliphatic rings. The fourth-order valence-corrected chi connectivity index (χ4v) is 2.57. The largest absolute Gasteiger partial charge is 0.228 e. The molecule has 0 atom stereocenters. The van der Waals surface area contributed by atoms with Crippen LogP contribution in [0.15, 0.2) is 24.3 Å². The molecule has 2 aromatic rings. The van der Waals surface area contributed by atoms with Gasteiger partial charge in [0.1, 0.15) is 8.07 Å². The Morgan fingerprint density at radius 3 is 2.60 bits per heavy atom. The van der Waals surface area contributed by atoms with Crippen molar-refractivity contribution in [2.45, 2.75) is 19.6 Å². The maximum atomic E-state index is 4.48. The SMILES string of the molecule is C[Si](C)(C)C#Cc1nc2ccccc2s1. The van der Waals surface area contributed by atoms with Crippen molar-refractivity contribution in [1.82, 2.24) is 4.98 Å². The van der Waals surface area contributed by atoms with Crippen LogP contribution in [0, 0.1) is 11.5 Å². The molecule has 0 spiro atoms. The molecule has 0 fully saturated rings. The van der Waals surface area contributed by atoms with Crippen molar-refractivity contribution in [2.24, 2.45) is 0 Å². The molecule has 0 aliphatic heterocycles. The zero-order valence-corrected chi connectivity index (χ0v) is 11.0. The molecular formula is C12H13NSSi. The van der Waals surface area contributed by atoms with Crippen molar-refractivity contribution in [1.29, 1.82) is 0 Å². The number of aromatic nitrogens is 1. The van der Waals surface area contributed by atoms with Gasteiger partial charge in [-0.05, 0) is 18.1 Å². The average molecular weight is 231 g/mol. The molecule has 0 aliphatic carbocycles. The number of hydrogen-bond acceptors (Lipinski definition) is 2. The van der Waals surface area contributed by atoms with Crippen LogP contribution in [0.25, 0.3) is 10.2 Å². The number of benzene rings is 1. The summed E-state index contributed by atoms with van der Waals surface area (Å²) in [5.74, 6) is 3.19. The smallest absolute Gasteiger partial charge is 0.167 e. The van der Waals surface area contributed by atoms with Gasteiger partial charge in [-0.25, -0.2) is 4.98 Å². The Bertz CT molecular complexity index is 507. The minimum absolute atomic E-state index is 0.943. The Kier molecular flexibility index (Phi) is 2.64. The molecule has 1 nitrogen and oxygen atoms in total. The van der Waals surface area contributed by atoms with Crippen LogP contribution in [-0.4, -0.2) is 13.1 Å². The lowest BCUT2D eigenvalue weighted by Gasteiger charge is -2.02. The molecule has 0 bridgehead atoms. The highest BCUT2D eigenvalue weighted by Crippen LogP contribution is 2.20. The van der Waals surface area contributed by atoms with Crippen molar-refractivity contribution in [2.75, 3.05) is 0 Å². The molecule has 0 unspecified atom stereocenters. The van der Waals surface area contributed by atoms with Gasteiger partial charge < -0.3 is 0 Å². The first-order valence-corrected chi connectivity index (χ1v) is 9.25. The maximum absolute atomic E-state index is 4.48. The first-order valence-electron chi connectivity index (χ1n) is 4.93. The molecular weight excluding hydrogens is 218 g/mol. The van der Waals surface area contributed by atoms with E-state index in [4.69, 9.17) is 0 Å². The van der Waals surface area contributed by atoms with E-state index in [9.17, 15) is 0 Å². The Morgan fingerprint density at radius 2 is 1.93 bits per heavy atom. The Balaban J connectivity index is 2.41. The molecule has 76 valence electrons. The van der Waals surface area contributed by atoms with Gasteiger partial charge in [0.05, 0.1) is 10.2 Å². The molecule has 1 heterocycles. The van der Waals surface area contributed by atoms with E-state index < -0.39 is 8.07 Å². The number of rotatable bonds is 0. The molecule has 0 saturated carbocycles. The van der Waals surface area contributed by atoms with Gasteiger partial charge in [-0.2, -0.15) is 0 Å². The van der Waals surface area contributed by atoms with E-state index >= 15 is 0 Å². The van der Waals surface area contributed by atoms with E-state index in [1.807, 2.05) is 18.2 Å². The van der Waals surface area contributed by atoms with Gasteiger partial charge in [0.15, 0.2) is 5.01 Å². The fraction of sp³-hybridized carbons (Fsp3) is 0.250. The maximum Gasteiger partial charge on any atom is 0.167 e. The van der Waals surface area contributed by atoms with Gasteiger partial charge in [0.2, 0.25) is 0 Å². The minimum Gasteiger partial charge on any atom is -0.228 e. The summed E-state index contributed by atoms with van der Waals surface area (Å²) < 4.78 is 1.22. The first kappa shape index (κ1) is 10.4. The third-order valence-corrected chi connectivity index (χ3v) is 3.67. The van der Waals surface area contributed by atoms with E-state index in [0.717, 1.165) is 10.5 Å². The summed E-state index contributed by atoms with van der Waals surface area (Å²) in [4.78, 5) is 4.48. The highest BCUT2D eigenvalue weighted by molar-refractivity contribution is 7.19. The van der Waals surface area contributed by atoms with E-state index in [-0.39, 0.29) is 0 Å². The monoisotopic (exact) mass is 231 g/mol. The standard InChI is InChI=1S/C12H13NSSi/c1-15(2,3)9-8-12-13-10-6-4-5-7-11(10)14-12/h4-7H,1-3H3. The third kappa shape index (κ3) is 2.68. The molecule has 0 saturated heterocycles. The highest BCUT2D eigenvalue weighted by atomic mass is 32.1. The summed E-state index contributed by atoms with van der Waals surface area (Å²) >= 11 is 1.68. The second-order valence-corrected chi connectivity index (χ2v) is 10.3. The van der Waals surface area contributed by atoms with Crippen LogP contribution < -0.4 is 0 Å². The zero-order valence-electron chi connectivity index (χ0n) is 9.16. The second-order valence-electron chi connectivity index (χ2n) is 4.49. The third-order valence-electron chi connectivity index (χ3n) is 1.84. The van der Waals surface area contributed by atoms with E-state index in [0.29, 0.717) is 0 Å². The fourth-order valence-electron chi connectivity index (χ4n) is 1.17. The molecule has 0 amide bonds. The van der Waals surface area contributed by atoms with Crippen LogP contribution in [0.2, 0.25) is 19.6 Å². The molecule has 2 rings (SSSR count). The van der Waals surface area contributed by atoms with Gasteiger partial charge in [0, 0.05) is 0 Å². The molecule has 0 radical (unpaired) electrons. The molecule has 0 N–H and O–H groups in total. The van der Waals surface area contributed by atoms with Gasteiger partial charge in [-0.15, -0.1) is 16.9 Å². The normalized spacial score (nSPS) is 11.1. The highest BCUT2D eigenvalue weighted by Gasteiger charge is 2.08. The number of fused-ring (bicyclic) bond motifs is 1. The molecule has 15 heavy (non-hydrogen) atoms. The average Bonchev–Trinajstić information content (AvgIpc) is 2.56. The summed E-state index contributed by atoms with van der Waals surface area (Å²) in [6, 6.07) is 8.17. The number of hydrogen-bond donors (Lipinski definition) is 0. The van der Waals surface area contributed by atoms with Crippen LogP contribution >= 0.6 is 11.3 Å². The van der Waals surface area contributed by atoms with E-state index in [2.05, 4.69) is 42.2 Å². The van der Waals surface area contributed by atoms with Crippen molar-refractivity contribution in [3.05, 3.63) is 29.3 Å². The Labute approximate surface area is 95.2 Å². The molecule has 1 aromatic heterocycles. The van der Waals surface area contributed by atoms with Crippen molar-refractivity contribution < 1.29 is 0 Å². The van der Waals surface area contributed by atoms with Crippen LogP contribution in [0.3, 0.4) is 0 Å². The lowest BCUT2D eigenvalue weighted by molar-refractivity contribution is 1.45. The lowest BCUT2D eigenvalue weighted by atomic mass is 10.3. The summed E-state index contributed by atoms with van der Waals surface area (Å²) in [5.41, 5.74) is 4.39. The van der Waals surface area contributed by atoms with Crippen molar-refractivity contribution >= 4 is 29.6 Å². The second kappa shape index (κ2) is 3.80. The van der Waals surface area contributed by atoms with Crippen LogP contribution in [0.5, 0.6) is 0 Å². The number of nitrogens with zero attached hydrogens (tertiary/aromatic N) is 1. The summed E-state index contributed by atoms with van der Waals surface area (Å²) in [6.07, 6.45) is 0. The summed E-state index contributed by atoms with van der Waals surface area (Å²) in [7, 11) is -1.28. The van der Waals surface area contributed by atoms with Gasteiger partial charge in [-0.1, -0.05) is 31.8 Å².